The number of nitrogens with zero attached hydrogens (tertiary/aromatic N) is 8. The van der Waals surface area contributed by atoms with E-state index < -0.39 is 0 Å². The minimum Gasteiger partial charge on any atom is -0.353 e. The summed E-state index contributed by atoms with van der Waals surface area (Å²) in [6, 6.07) is 3.98. The molecule has 1 aliphatic rings. The molecule has 9 heteroatoms. The summed E-state index contributed by atoms with van der Waals surface area (Å²) in [5.74, 6) is 2.21. The third kappa shape index (κ3) is 3.94. The van der Waals surface area contributed by atoms with Gasteiger partial charge in [-0.1, -0.05) is 0 Å². The first-order valence-electron chi connectivity index (χ1n) is 9.63. The minimum atomic E-state index is -0.0839. The van der Waals surface area contributed by atoms with Gasteiger partial charge in [0.15, 0.2) is 5.82 Å². The maximum atomic E-state index is 12.7. The Kier molecular flexibility index (Phi) is 4.96. The van der Waals surface area contributed by atoms with Crippen molar-refractivity contribution in [2.45, 2.75) is 27.7 Å². The summed E-state index contributed by atoms with van der Waals surface area (Å²) in [5.41, 5.74) is 3.16. The summed E-state index contributed by atoms with van der Waals surface area (Å²) < 4.78 is 1.84. The molecule has 0 atom stereocenters. The van der Waals surface area contributed by atoms with Gasteiger partial charge in [0.05, 0.1) is 17.6 Å². The van der Waals surface area contributed by atoms with Gasteiger partial charge < -0.3 is 9.80 Å². The van der Waals surface area contributed by atoms with E-state index in [9.17, 15) is 4.79 Å². The number of carbonyl (C=O) groups is 1. The number of amides is 1. The molecule has 0 aromatic carbocycles. The van der Waals surface area contributed by atoms with Crippen molar-refractivity contribution in [3.8, 4) is 5.82 Å². The second kappa shape index (κ2) is 7.57. The van der Waals surface area contributed by atoms with E-state index in [2.05, 4.69) is 29.9 Å². The Morgan fingerprint density at radius 3 is 2.21 bits per heavy atom. The number of aromatic nitrogens is 6. The van der Waals surface area contributed by atoms with Crippen LogP contribution in [0.4, 0.5) is 5.82 Å². The topological polar surface area (TPSA) is 92.9 Å². The van der Waals surface area contributed by atoms with E-state index >= 15 is 0 Å². The average Bonchev–Trinajstić information content (AvgIpc) is 3.06. The lowest BCUT2D eigenvalue weighted by atomic mass is 10.2. The fourth-order valence-electron chi connectivity index (χ4n) is 3.47. The quantitative estimate of drug-likeness (QED) is 0.669. The molecule has 3 aromatic heterocycles. The first kappa shape index (κ1) is 19.0. The third-order valence-electron chi connectivity index (χ3n) is 4.93. The highest BCUT2D eigenvalue weighted by Crippen LogP contribution is 2.19. The van der Waals surface area contributed by atoms with Crippen LogP contribution in [-0.2, 0) is 0 Å². The molecule has 0 bridgehead atoms. The lowest BCUT2D eigenvalue weighted by molar-refractivity contribution is 0.0740. The largest absolute Gasteiger partial charge is 0.353 e. The highest BCUT2D eigenvalue weighted by Gasteiger charge is 2.24. The first-order chi connectivity index (χ1) is 13.9. The van der Waals surface area contributed by atoms with Crippen molar-refractivity contribution < 1.29 is 4.79 Å². The summed E-state index contributed by atoms with van der Waals surface area (Å²) in [6.07, 6.45) is 3.16. The average molecular weight is 392 g/mol. The molecular weight excluding hydrogens is 368 g/mol. The van der Waals surface area contributed by atoms with Gasteiger partial charge in [-0.05, 0) is 33.8 Å². The normalized spacial score (nSPS) is 14.3. The van der Waals surface area contributed by atoms with Gasteiger partial charge in [0.2, 0.25) is 0 Å². The van der Waals surface area contributed by atoms with Crippen LogP contribution in [0.25, 0.3) is 5.82 Å². The molecule has 4 heterocycles. The lowest BCUT2D eigenvalue weighted by Gasteiger charge is -2.35. The van der Waals surface area contributed by atoms with Gasteiger partial charge in [-0.15, -0.1) is 0 Å². The molecule has 150 valence electrons. The fraction of sp³-hybridized carbons (Fsp3) is 0.400. The third-order valence-corrected chi connectivity index (χ3v) is 4.93. The molecule has 0 radical (unpaired) electrons. The Balaban J connectivity index is 1.49. The molecule has 1 saturated heterocycles. The van der Waals surface area contributed by atoms with Crippen LogP contribution in [0.1, 0.15) is 33.4 Å². The first-order valence-corrected chi connectivity index (χ1v) is 9.63. The van der Waals surface area contributed by atoms with E-state index in [0.717, 1.165) is 28.7 Å². The van der Waals surface area contributed by atoms with E-state index in [4.69, 9.17) is 0 Å². The summed E-state index contributed by atoms with van der Waals surface area (Å²) >= 11 is 0. The van der Waals surface area contributed by atoms with E-state index in [1.807, 2.05) is 49.4 Å². The standard InChI is InChI=1S/C20H24N8O/c1-13-9-15(3)28(25-13)19-10-18(23-16(4)24-19)26-5-7-27(8-6-26)20(29)17-12-21-14(2)11-22-17/h9-12H,5-8H2,1-4H3. The van der Waals surface area contributed by atoms with Crippen LogP contribution < -0.4 is 4.90 Å². The van der Waals surface area contributed by atoms with Gasteiger partial charge in [0.1, 0.15) is 17.3 Å². The zero-order chi connectivity index (χ0) is 20.5. The minimum absolute atomic E-state index is 0.0839. The zero-order valence-electron chi connectivity index (χ0n) is 17.1. The smallest absolute Gasteiger partial charge is 0.274 e. The van der Waals surface area contributed by atoms with Gasteiger partial charge in [-0.3, -0.25) is 9.78 Å². The van der Waals surface area contributed by atoms with Crippen LogP contribution >= 0.6 is 0 Å². The molecule has 4 rings (SSSR count). The summed E-state index contributed by atoms with van der Waals surface area (Å²) in [5, 5.41) is 4.52. The molecule has 0 aliphatic carbocycles. The Morgan fingerprint density at radius 2 is 1.59 bits per heavy atom. The molecule has 0 unspecified atom stereocenters. The second-order valence-corrected chi connectivity index (χ2v) is 7.29. The molecule has 1 fully saturated rings. The molecule has 0 spiro atoms. The summed E-state index contributed by atoms with van der Waals surface area (Å²) in [7, 11) is 0. The van der Waals surface area contributed by atoms with Gasteiger partial charge in [0, 0.05) is 44.1 Å². The van der Waals surface area contributed by atoms with Crippen LogP contribution in [-0.4, -0.2) is 66.7 Å². The molecule has 1 aliphatic heterocycles. The number of rotatable bonds is 3. The Morgan fingerprint density at radius 1 is 0.862 bits per heavy atom. The lowest BCUT2D eigenvalue weighted by Crippen LogP contribution is -2.49. The number of piperazine rings is 1. The second-order valence-electron chi connectivity index (χ2n) is 7.29. The monoisotopic (exact) mass is 392 g/mol. The van der Waals surface area contributed by atoms with Crippen LogP contribution in [0.3, 0.4) is 0 Å². The molecular formula is C20H24N8O. The van der Waals surface area contributed by atoms with Gasteiger partial charge in [-0.2, -0.15) is 5.10 Å². The highest BCUT2D eigenvalue weighted by atomic mass is 16.2. The summed E-state index contributed by atoms with van der Waals surface area (Å²) in [6.45, 7) is 10.3. The number of aryl methyl sites for hydroxylation is 4. The summed E-state index contributed by atoms with van der Waals surface area (Å²) in [4.78, 5) is 34.2. The van der Waals surface area contributed by atoms with Gasteiger partial charge >= 0.3 is 0 Å². The van der Waals surface area contributed by atoms with Crippen molar-refractivity contribution in [2.24, 2.45) is 0 Å². The number of anilines is 1. The van der Waals surface area contributed by atoms with E-state index in [-0.39, 0.29) is 5.91 Å². The van der Waals surface area contributed by atoms with E-state index in [1.54, 1.807) is 12.4 Å². The maximum Gasteiger partial charge on any atom is 0.274 e. The molecule has 0 N–H and O–H groups in total. The maximum absolute atomic E-state index is 12.7. The predicted molar refractivity (Wildman–Crippen MR) is 108 cm³/mol. The highest BCUT2D eigenvalue weighted by molar-refractivity contribution is 5.92. The van der Waals surface area contributed by atoms with Crippen molar-refractivity contribution in [1.82, 2.24) is 34.6 Å². The molecule has 0 saturated carbocycles. The van der Waals surface area contributed by atoms with Crippen molar-refractivity contribution in [1.29, 1.82) is 0 Å². The van der Waals surface area contributed by atoms with Crippen molar-refractivity contribution >= 4 is 11.7 Å². The Hall–Kier alpha value is -3.36. The van der Waals surface area contributed by atoms with Gasteiger partial charge in [-0.25, -0.2) is 19.6 Å². The van der Waals surface area contributed by atoms with Crippen LogP contribution in [0.2, 0.25) is 0 Å². The number of hydrogen-bond donors (Lipinski definition) is 0. The van der Waals surface area contributed by atoms with E-state index in [0.29, 0.717) is 37.7 Å². The molecule has 3 aromatic rings. The Bertz CT molecular complexity index is 1040. The number of carbonyl (C=O) groups excluding carboxylic acids is 1. The van der Waals surface area contributed by atoms with Crippen molar-refractivity contribution in [3.05, 3.63) is 53.1 Å². The molecule has 9 nitrogen and oxygen atoms in total. The molecule has 1 amide bonds. The van der Waals surface area contributed by atoms with Crippen molar-refractivity contribution in [2.75, 3.05) is 31.1 Å². The fourth-order valence-corrected chi connectivity index (χ4v) is 3.47. The van der Waals surface area contributed by atoms with Crippen molar-refractivity contribution in [3.63, 3.8) is 0 Å². The Labute approximate surface area is 169 Å². The van der Waals surface area contributed by atoms with Crippen LogP contribution in [0.15, 0.2) is 24.5 Å². The van der Waals surface area contributed by atoms with E-state index in [1.165, 1.54) is 0 Å². The zero-order valence-corrected chi connectivity index (χ0v) is 17.1. The molecule has 29 heavy (non-hydrogen) atoms. The van der Waals surface area contributed by atoms with Gasteiger partial charge in [0.25, 0.3) is 5.91 Å². The van der Waals surface area contributed by atoms with Crippen LogP contribution in [0, 0.1) is 27.7 Å². The SMILES string of the molecule is Cc1cnc(C(=O)N2CCN(c3cc(-n4nc(C)cc4C)nc(C)n3)CC2)cn1. The van der Waals surface area contributed by atoms with Crippen LogP contribution in [0.5, 0.6) is 0 Å². The number of hydrogen-bond acceptors (Lipinski definition) is 7. The predicted octanol–water partition coefficient (Wildman–Crippen LogP) is 1.65.